The fourth-order valence-corrected chi connectivity index (χ4v) is 3.83. The van der Waals surface area contributed by atoms with E-state index in [9.17, 15) is 31.1 Å². The number of aromatic nitrogens is 2. The summed E-state index contributed by atoms with van der Waals surface area (Å²) < 4.78 is 75.6. The number of hydrogen-bond acceptors (Lipinski definition) is 7. The van der Waals surface area contributed by atoms with Crippen molar-refractivity contribution in [3.8, 4) is 0 Å². The highest BCUT2D eigenvalue weighted by Gasteiger charge is 2.45. The van der Waals surface area contributed by atoms with Gasteiger partial charge in [0, 0.05) is 37.1 Å². The van der Waals surface area contributed by atoms with E-state index in [1.807, 2.05) is 23.1 Å². The topological polar surface area (TPSA) is 139 Å². The van der Waals surface area contributed by atoms with Crippen molar-refractivity contribution in [2.45, 2.75) is 49.9 Å². The Morgan fingerprint density at radius 1 is 1.00 bits per heavy atom. The quantitative estimate of drug-likeness (QED) is 0.517. The minimum absolute atomic E-state index is 0.0490. The maximum atomic E-state index is 12.7. The van der Waals surface area contributed by atoms with Crippen LogP contribution in [0.2, 0.25) is 0 Å². The van der Waals surface area contributed by atoms with Crippen molar-refractivity contribution in [2.75, 3.05) is 19.7 Å². The Bertz CT molecular complexity index is 1100. The number of alkyl halides is 6. The maximum Gasteiger partial charge on any atom is 0.490 e. The molecular weight excluding hydrogens is 556 g/mol. The predicted octanol–water partition coefficient (Wildman–Crippen LogP) is 3.72. The highest BCUT2D eigenvalue weighted by molar-refractivity contribution is 5.94. The molecule has 2 atom stereocenters. The Hall–Kier alpha value is -3.79. The van der Waals surface area contributed by atoms with E-state index in [-0.39, 0.29) is 17.6 Å². The van der Waals surface area contributed by atoms with Gasteiger partial charge >= 0.3 is 24.3 Å². The van der Waals surface area contributed by atoms with Crippen molar-refractivity contribution in [2.24, 2.45) is 0 Å². The number of hydrogen-bond donors (Lipinski definition) is 2. The zero-order chi connectivity index (χ0) is 30.0. The van der Waals surface area contributed by atoms with Gasteiger partial charge in [-0.15, -0.1) is 0 Å². The van der Waals surface area contributed by atoms with Crippen LogP contribution >= 0.6 is 0 Å². The molecule has 0 aliphatic carbocycles. The molecule has 0 saturated carbocycles. The summed E-state index contributed by atoms with van der Waals surface area (Å²) in [6, 6.07) is 9.34. The number of aliphatic carboxylic acids is 2. The van der Waals surface area contributed by atoms with Gasteiger partial charge in [-0.1, -0.05) is 6.07 Å². The van der Waals surface area contributed by atoms with Crippen LogP contribution in [0.1, 0.15) is 35.3 Å². The number of carbonyl (C=O) groups excluding carboxylic acids is 1. The average Bonchev–Trinajstić information content (AvgIpc) is 3.29. The molecule has 4 rings (SSSR count). The van der Waals surface area contributed by atoms with Crippen molar-refractivity contribution in [3.05, 3.63) is 60.2 Å². The second-order valence-corrected chi connectivity index (χ2v) is 8.62. The molecule has 0 unspecified atom stereocenters. The van der Waals surface area contributed by atoms with Gasteiger partial charge in [0.05, 0.1) is 37.2 Å². The van der Waals surface area contributed by atoms with Gasteiger partial charge in [-0.3, -0.25) is 14.8 Å². The smallest absolute Gasteiger partial charge is 0.475 e. The average molecular weight is 581 g/mol. The summed E-state index contributed by atoms with van der Waals surface area (Å²) >= 11 is 0. The van der Waals surface area contributed by atoms with Crippen LogP contribution in [0, 0.1) is 0 Å². The van der Waals surface area contributed by atoms with Crippen LogP contribution in [0.5, 0.6) is 0 Å². The first kappa shape index (κ1) is 32.4. The van der Waals surface area contributed by atoms with Crippen LogP contribution in [0.3, 0.4) is 0 Å². The van der Waals surface area contributed by atoms with Crippen LogP contribution in [0.4, 0.5) is 26.3 Å². The van der Waals surface area contributed by atoms with Crippen molar-refractivity contribution in [3.63, 3.8) is 0 Å². The Balaban J connectivity index is 0.000000333. The van der Waals surface area contributed by atoms with E-state index >= 15 is 0 Å². The second-order valence-electron chi connectivity index (χ2n) is 8.62. The van der Waals surface area contributed by atoms with Crippen LogP contribution in [-0.2, 0) is 25.7 Å². The number of pyridine rings is 2. The number of carbonyl (C=O) groups is 3. The molecule has 1 spiro atoms. The maximum absolute atomic E-state index is 12.7. The van der Waals surface area contributed by atoms with E-state index in [4.69, 9.17) is 29.3 Å². The number of carboxylic acids is 2. The van der Waals surface area contributed by atoms with Crippen molar-refractivity contribution in [1.29, 1.82) is 0 Å². The van der Waals surface area contributed by atoms with E-state index in [0.29, 0.717) is 25.3 Å². The molecular formula is C24H25F6N3O7. The molecule has 2 saturated heterocycles. The molecule has 2 aromatic heterocycles. The lowest BCUT2D eigenvalue weighted by Gasteiger charge is -2.39. The van der Waals surface area contributed by atoms with Gasteiger partial charge in [0.25, 0.3) is 5.91 Å². The molecule has 220 valence electrons. The number of likely N-dealkylation sites (tertiary alicyclic amines) is 1. The SMILES string of the molecule is O=C(O)C(F)(F)F.O=C(O)C(F)(F)F.O=C(c1ccncc1)N1CCC[C@]2(C[C@@H](OCc3ccccn3)CO2)C1. The number of amides is 1. The number of piperidine rings is 1. The van der Waals surface area contributed by atoms with Gasteiger partial charge in [0.15, 0.2) is 0 Å². The summed E-state index contributed by atoms with van der Waals surface area (Å²) in [5, 5.41) is 14.2. The van der Waals surface area contributed by atoms with E-state index in [1.165, 1.54) is 0 Å². The first-order valence-electron chi connectivity index (χ1n) is 11.6. The molecule has 0 radical (unpaired) electrons. The molecule has 2 N–H and O–H groups in total. The van der Waals surface area contributed by atoms with Gasteiger partial charge in [0.2, 0.25) is 0 Å². The van der Waals surface area contributed by atoms with Crippen LogP contribution < -0.4 is 0 Å². The molecule has 2 aliphatic heterocycles. The zero-order valence-electron chi connectivity index (χ0n) is 20.7. The number of carboxylic acid groups (broad SMARTS) is 2. The van der Waals surface area contributed by atoms with Crippen molar-refractivity contribution in [1.82, 2.24) is 14.9 Å². The molecule has 0 bridgehead atoms. The van der Waals surface area contributed by atoms with Gasteiger partial charge in [-0.05, 0) is 37.1 Å². The Morgan fingerprint density at radius 2 is 1.60 bits per heavy atom. The Kier molecular flexibility index (Phi) is 11.4. The van der Waals surface area contributed by atoms with Gasteiger partial charge in [-0.2, -0.15) is 26.3 Å². The summed E-state index contributed by atoms with van der Waals surface area (Å²) in [6.07, 6.45) is -2.30. The van der Waals surface area contributed by atoms with Crippen LogP contribution in [0.15, 0.2) is 48.9 Å². The fraction of sp³-hybridized carbons (Fsp3) is 0.458. The summed E-state index contributed by atoms with van der Waals surface area (Å²) in [5.41, 5.74) is 1.32. The Labute approximate surface area is 223 Å². The number of nitrogens with zero attached hydrogens (tertiary/aromatic N) is 3. The first-order valence-corrected chi connectivity index (χ1v) is 11.6. The largest absolute Gasteiger partial charge is 0.490 e. The Morgan fingerprint density at radius 3 is 2.12 bits per heavy atom. The van der Waals surface area contributed by atoms with E-state index in [2.05, 4.69) is 9.97 Å². The number of halogens is 6. The van der Waals surface area contributed by atoms with Gasteiger partial charge in [0.1, 0.15) is 0 Å². The number of ether oxygens (including phenoxy) is 2. The minimum Gasteiger partial charge on any atom is -0.475 e. The highest BCUT2D eigenvalue weighted by atomic mass is 19.4. The monoisotopic (exact) mass is 581 g/mol. The van der Waals surface area contributed by atoms with E-state index in [0.717, 1.165) is 31.5 Å². The molecule has 40 heavy (non-hydrogen) atoms. The summed E-state index contributed by atoms with van der Waals surface area (Å²) in [5.74, 6) is -5.46. The third kappa shape index (κ3) is 10.4. The third-order valence-electron chi connectivity index (χ3n) is 5.61. The molecule has 1 amide bonds. The van der Waals surface area contributed by atoms with E-state index < -0.39 is 24.3 Å². The lowest BCUT2D eigenvalue weighted by molar-refractivity contribution is -0.193. The summed E-state index contributed by atoms with van der Waals surface area (Å²) in [4.78, 5) is 40.7. The highest BCUT2D eigenvalue weighted by Crippen LogP contribution is 2.36. The minimum atomic E-state index is -5.08. The standard InChI is InChI=1S/C20H23N3O3.2C2HF3O2/c24-19(16-5-9-21-10-6-16)23-11-3-7-20(15-23)12-18(14-26-20)25-13-17-4-1-2-8-22-17;2*3-2(4,5)1(6)7/h1-2,4-6,8-10,18H,3,7,11-15H2;2*(H,6,7)/t18-,20+;;/m1../s1. The van der Waals surface area contributed by atoms with E-state index in [1.54, 1.807) is 30.7 Å². The van der Waals surface area contributed by atoms with Crippen LogP contribution in [0.25, 0.3) is 0 Å². The molecule has 10 nitrogen and oxygen atoms in total. The summed E-state index contributed by atoms with van der Waals surface area (Å²) in [7, 11) is 0. The number of rotatable bonds is 4. The molecule has 0 aromatic carbocycles. The third-order valence-corrected chi connectivity index (χ3v) is 5.61. The molecule has 2 aliphatic rings. The molecule has 2 fully saturated rings. The van der Waals surface area contributed by atoms with Gasteiger partial charge in [-0.25, -0.2) is 9.59 Å². The summed E-state index contributed by atoms with van der Waals surface area (Å²) in [6.45, 7) is 2.46. The lowest BCUT2D eigenvalue weighted by atomic mass is 9.89. The van der Waals surface area contributed by atoms with Crippen LogP contribution in [-0.4, -0.2) is 86.7 Å². The lowest BCUT2D eigenvalue weighted by Crippen LogP contribution is -2.50. The van der Waals surface area contributed by atoms with Crippen molar-refractivity contribution < 1.29 is 60.4 Å². The fourth-order valence-electron chi connectivity index (χ4n) is 3.83. The molecule has 2 aromatic rings. The zero-order valence-corrected chi connectivity index (χ0v) is 20.7. The first-order chi connectivity index (χ1) is 18.6. The second kappa shape index (κ2) is 14.0. The molecule has 16 heteroatoms. The molecule has 4 heterocycles. The predicted molar refractivity (Wildman–Crippen MR) is 123 cm³/mol. The normalized spacial score (nSPS) is 20.6. The van der Waals surface area contributed by atoms with Gasteiger partial charge < -0.3 is 24.6 Å². The van der Waals surface area contributed by atoms with Crippen molar-refractivity contribution >= 4 is 17.8 Å².